The summed E-state index contributed by atoms with van der Waals surface area (Å²) in [5, 5.41) is 2.97. The summed E-state index contributed by atoms with van der Waals surface area (Å²) in [4.78, 5) is 12.1. The molecular weight excluding hydrogens is 320 g/mol. The molecule has 5 heteroatoms. The van der Waals surface area contributed by atoms with Crippen molar-refractivity contribution in [1.29, 1.82) is 0 Å². The Morgan fingerprint density at radius 1 is 1.30 bits per heavy atom. The molecule has 0 saturated heterocycles. The van der Waals surface area contributed by atoms with E-state index in [0.717, 1.165) is 16.5 Å². The molecule has 106 valence electrons. The van der Waals surface area contributed by atoms with Crippen molar-refractivity contribution in [3.63, 3.8) is 0 Å². The van der Waals surface area contributed by atoms with Crippen LogP contribution >= 0.6 is 15.9 Å². The van der Waals surface area contributed by atoms with Gasteiger partial charge in [0.15, 0.2) is 5.76 Å². The molecule has 1 aromatic heterocycles. The maximum absolute atomic E-state index is 12.1. The standard InChI is InChI=1S/C15H17BrN2O2/c1-2-13(10-3-5-11(16)6-4-10)18-15(19)14-8-7-12(9-17)20-14/h3-8,13H,2,9,17H2,1H3,(H,18,19). The van der Waals surface area contributed by atoms with Crippen molar-refractivity contribution in [1.82, 2.24) is 5.32 Å². The zero-order valence-electron chi connectivity index (χ0n) is 11.2. The molecule has 1 heterocycles. The quantitative estimate of drug-likeness (QED) is 0.879. The lowest BCUT2D eigenvalue weighted by molar-refractivity contribution is 0.0905. The van der Waals surface area contributed by atoms with Crippen LogP contribution in [0.2, 0.25) is 0 Å². The molecule has 20 heavy (non-hydrogen) atoms. The van der Waals surface area contributed by atoms with Crippen LogP contribution < -0.4 is 11.1 Å². The summed E-state index contributed by atoms with van der Waals surface area (Å²) in [6.45, 7) is 2.32. The van der Waals surface area contributed by atoms with Crippen LogP contribution in [0.1, 0.15) is 41.3 Å². The second-order valence-corrected chi connectivity index (χ2v) is 5.37. The molecule has 2 aromatic rings. The summed E-state index contributed by atoms with van der Waals surface area (Å²) in [5.74, 6) is 0.673. The molecule has 0 spiro atoms. The minimum Gasteiger partial charge on any atom is -0.455 e. The van der Waals surface area contributed by atoms with Crippen LogP contribution in [0.15, 0.2) is 45.3 Å². The van der Waals surface area contributed by atoms with Gasteiger partial charge in [0.25, 0.3) is 5.91 Å². The molecule has 0 aliphatic carbocycles. The minimum absolute atomic E-state index is 0.0398. The van der Waals surface area contributed by atoms with Gasteiger partial charge in [0.2, 0.25) is 0 Å². The van der Waals surface area contributed by atoms with Crippen LogP contribution in [0.3, 0.4) is 0 Å². The molecular formula is C15H17BrN2O2. The predicted molar refractivity (Wildman–Crippen MR) is 81.2 cm³/mol. The Hall–Kier alpha value is -1.59. The van der Waals surface area contributed by atoms with Crippen molar-refractivity contribution in [2.24, 2.45) is 5.73 Å². The maximum atomic E-state index is 12.1. The third-order valence-electron chi connectivity index (χ3n) is 3.07. The first-order valence-corrected chi connectivity index (χ1v) is 7.28. The number of nitrogens with two attached hydrogens (primary N) is 1. The van der Waals surface area contributed by atoms with E-state index in [1.165, 1.54) is 0 Å². The summed E-state index contributed by atoms with van der Waals surface area (Å²) >= 11 is 3.40. The zero-order valence-corrected chi connectivity index (χ0v) is 12.8. The van der Waals surface area contributed by atoms with Crippen molar-refractivity contribution in [2.75, 3.05) is 0 Å². The van der Waals surface area contributed by atoms with Crippen LogP contribution in [0.25, 0.3) is 0 Å². The van der Waals surface area contributed by atoms with Crippen molar-refractivity contribution in [2.45, 2.75) is 25.9 Å². The van der Waals surface area contributed by atoms with Gasteiger partial charge in [-0.05, 0) is 36.2 Å². The topological polar surface area (TPSA) is 68.3 Å². The Labute approximate surface area is 126 Å². The average Bonchev–Trinajstić information content (AvgIpc) is 2.94. The first-order chi connectivity index (χ1) is 9.63. The Bertz CT molecular complexity index is 578. The van der Waals surface area contributed by atoms with Crippen LogP contribution in [0.4, 0.5) is 0 Å². The Kier molecular flexibility index (Phi) is 4.98. The molecule has 0 radical (unpaired) electrons. The molecule has 0 aliphatic rings. The third-order valence-corrected chi connectivity index (χ3v) is 3.60. The highest BCUT2D eigenvalue weighted by Gasteiger charge is 2.16. The van der Waals surface area contributed by atoms with Gasteiger partial charge in [-0.1, -0.05) is 35.0 Å². The van der Waals surface area contributed by atoms with E-state index in [2.05, 4.69) is 21.2 Å². The fraction of sp³-hybridized carbons (Fsp3) is 0.267. The molecule has 2 rings (SSSR count). The molecule has 0 aliphatic heterocycles. The van der Waals surface area contributed by atoms with Gasteiger partial charge in [-0.2, -0.15) is 0 Å². The largest absolute Gasteiger partial charge is 0.455 e. The second-order valence-electron chi connectivity index (χ2n) is 4.46. The van der Waals surface area contributed by atoms with Crippen molar-refractivity contribution in [3.05, 3.63) is 58.0 Å². The van der Waals surface area contributed by atoms with E-state index in [1.54, 1.807) is 12.1 Å². The normalized spacial score (nSPS) is 12.2. The van der Waals surface area contributed by atoms with Gasteiger partial charge < -0.3 is 15.5 Å². The SMILES string of the molecule is CCC(NC(=O)c1ccc(CN)o1)c1ccc(Br)cc1. The molecule has 3 N–H and O–H groups in total. The summed E-state index contributed by atoms with van der Waals surface area (Å²) in [6, 6.07) is 11.2. The first-order valence-electron chi connectivity index (χ1n) is 6.49. The fourth-order valence-electron chi connectivity index (χ4n) is 1.96. The molecule has 1 unspecified atom stereocenters. The number of nitrogens with one attached hydrogen (secondary N) is 1. The number of carbonyl (C=O) groups is 1. The van der Waals surface area contributed by atoms with E-state index in [0.29, 0.717) is 11.5 Å². The highest BCUT2D eigenvalue weighted by molar-refractivity contribution is 9.10. The highest BCUT2D eigenvalue weighted by Crippen LogP contribution is 2.20. The van der Waals surface area contributed by atoms with Gasteiger partial charge in [0.05, 0.1) is 12.6 Å². The number of benzene rings is 1. The number of hydrogen-bond donors (Lipinski definition) is 2. The number of halogens is 1. The van der Waals surface area contributed by atoms with Gasteiger partial charge in [-0.15, -0.1) is 0 Å². The average molecular weight is 337 g/mol. The minimum atomic E-state index is -0.223. The Morgan fingerprint density at radius 2 is 2.00 bits per heavy atom. The first kappa shape index (κ1) is 14.8. The zero-order chi connectivity index (χ0) is 14.5. The van der Waals surface area contributed by atoms with E-state index < -0.39 is 0 Å². The van der Waals surface area contributed by atoms with Gasteiger partial charge in [0, 0.05) is 4.47 Å². The fourth-order valence-corrected chi connectivity index (χ4v) is 2.22. The molecule has 1 amide bonds. The third kappa shape index (κ3) is 3.49. The van der Waals surface area contributed by atoms with Crippen LogP contribution in [-0.2, 0) is 6.54 Å². The lowest BCUT2D eigenvalue weighted by Gasteiger charge is -2.16. The van der Waals surface area contributed by atoms with Gasteiger partial charge >= 0.3 is 0 Å². The number of carbonyl (C=O) groups excluding carboxylic acids is 1. The van der Waals surface area contributed by atoms with E-state index in [9.17, 15) is 4.79 Å². The summed E-state index contributed by atoms with van der Waals surface area (Å²) < 4.78 is 6.37. The summed E-state index contributed by atoms with van der Waals surface area (Å²) in [7, 11) is 0. The number of rotatable bonds is 5. The van der Waals surface area contributed by atoms with Crippen LogP contribution in [-0.4, -0.2) is 5.91 Å². The van der Waals surface area contributed by atoms with Crippen molar-refractivity contribution in [3.8, 4) is 0 Å². The predicted octanol–water partition coefficient (Wildman–Crippen LogP) is 3.38. The van der Waals surface area contributed by atoms with Gasteiger partial charge in [-0.25, -0.2) is 0 Å². The van der Waals surface area contributed by atoms with Crippen molar-refractivity contribution < 1.29 is 9.21 Å². The molecule has 0 fully saturated rings. The van der Waals surface area contributed by atoms with Crippen molar-refractivity contribution >= 4 is 21.8 Å². The Balaban J connectivity index is 2.09. The van der Waals surface area contributed by atoms with Gasteiger partial charge in [-0.3, -0.25) is 4.79 Å². The molecule has 1 atom stereocenters. The molecule has 4 nitrogen and oxygen atoms in total. The molecule has 0 bridgehead atoms. The van der Waals surface area contributed by atoms with Crippen LogP contribution in [0, 0.1) is 0 Å². The smallest absolute Gasteiger partial charge is 0.287 e. The lowest BCUT2D eigenvalue weighted by Crippen LogP contribution is -2.27. The number of furan rings is 1. The maximum Gasteiger partial charge on any atom is 0.287 e. The van der Waals surface area contributed by atoms with E-state index >= 15 is 0 Å². The summed E-state index contributed by atoms with van der Waals surface area (Å²) in [6.07, 6.45) is 0.803. The van der Waals surface area contributed by atoms with E-state index in [4.69, 9.17) is 10.2 Å². The molecule has 0 saturated carbocycles. The van der Waals surface area contributed by atoms with E-state index in [1.807, 2.05) is 31.2 Å². The van der Waals surface area contributed by atoms with Crippen LogP contribution in [0.5, 0.6) is 0 Å². The summed E-state index contributed by atoms with van der Waals surface area (Å²) in [5.41, 5.74) is 6.53. The lowest BCUT2D eigenvalue weighted by atomic mass is 10.0. The van der Waals surface area contributed by atoms with Gasteiger partial charge in [0.1, 0.15) is 5.76 Å². The highest BCUT2D eigenvalue weighted by atomic mass is 79.9. The number of amides is 1. The Morgan fingerprint density at radius 3 is 2.55 bits per heavy atom. The molecule has 1 aromatic carbocycles. The van der Waals surface area contributed by atoms with E-state index in [-0.39, 0.29) is 18.5 Å². The monoisotopic (exact) mass is 336 g/mol. The second kappa shape index (κ2) is 6.72. The number of hydrogen-bond acceptors (Lipinski definition) is 3.